The Morgan fingerprint density at radius 1 is 1.42 bits per heavy atom. The first-order valence-corrected chi connectivity index (χ1v) is 6.46. The highest BCUT2D eigenvalue weighted by molar-refractivity contribution is 5.85. The number of hydrogen-bond acceptors (Lipinski definition) is 4. The summed E-state index contributed by atoms with van der Waals surface area (Å²) in [6, 6.07) is 10.2. The maximum Gasteiger partial charge on any atom is 0.378 e. The summed E-state index contributed by atoms with van der Waals surface area (Å²) in [6.45, 7) is 2.90. The molecule has 1 aromatic carbocycles. The van der Waals surface area contributed by atoms with Crippen LogP contribution in [0.4, 0.5) is 0 Å². The Hall–Kier alpha value is -2.17. The summed E-state index contributed by atoms with van der Waals surface area (Å²) in [5.41, 5.74) is 1.21. The van der Waals surface area contributed by atoms with Crippen LogP contribution in [0.2, 0.25) is 0 Å². The van der Waals surface area contributed by atoms with Gasteiger partial charge in [0.1, 0.15) is 5.82 Å². The number of fused-ring (bicyclic) bond motifs is 1. The smallest absolute Gasteiger partial charge is 0.378 e. The minimum atomic E-state index is -0.448. The summed E-state index contributed by atoms with van der Waals surface area (Å²) in [5, 5.41) is 4.22. The molecule has 0 N–H and O–H groups in total. The third-order valence-corrected chi connectivity index (χ3v) is 3.30. The van der Waals surface area contributed by atoms with Gasteiger partial charge in [0, 0.05) is 12.5 Å². The molecule has 3 rings (SSSR count). The zero-order chi connectivity index (χ0) is 13.2. The molecule has 1 aliphatic rings. The third-order valence-electron chi connectivity index (χ3n) is 3.30. The molecule has 0 saturated heterocycles. The summed E-state index contributed by atoms with van der Waals surface area (Å²) < 4.78 is 6.74. The summed E-state index contributed by atoms with van der Waals surface area (Å²) in [4.78, 5) is 16.0. The minimum absolute atomic E-state index is 0.164. The van der Waals surface area contributed by atoms with Crippen molar-refractivity contribution in [2.45, 2.75) is 25.8 Å². The lowest BCUT2D eigenvalue weighted by Crippen LogP contribution is -2.08. The topological polar surface area (TPSA) is 57.0 Å². The van der Waals surface area contributed by atoms with E-state index in [-0.39, 0.29) is 11.7 Å². The SMILES string of the molecule is CCOC(=O)c1nc2n(n1)CC[C@H]2c1ccccc1. The van der Waals surface area contributed by atoms with Crippen LogP contribution in [-0.2, 0) is 11.3 Å². The molecule has 0 spiro atoms. The van der Waals surface area contributed by atoms with Crippen molar-refractivity contribution in [2.24, 2.45) is 0 Å². The molecule has 0 unspecified atom stereocenters. The van der Waals surface area contributed by atoms with E-state index in [1.807, 2.05) is 22.9 Å². The van der Waals surface area contributed by atoms with E-state index in [9.17, 15) is 4.79 Å². The first kappa shape index (κ1) is 11.9. The van der Waals surface area contributed by atoms with Gasteiger partial charge in [-0.1, -0.05) is 30.3 Å². The molecular formula is C14H15N3O2. The highest BCUT2D eigenvalue weighted by atomic mass is 16.5. The predicted octanol–water partition coefficient (Wildman–Crippen LogP) is 1.99. The van der Waals surface area contributed by atoms with Crippen molar-refractivity contribution in [3.63, 3.8) is 0 Å². The van der Waals surface area contributed by atoms with Crippen LogP contribution in [0.1, 0.15) is 41.3 Å². The van der Waals surface area contributed by atoms with Crippen LogP contribution in [0.3, 0.4) is 0 Å². The van der Waals surface area contributed by atoms with Crippen molar-refractivity contribution >= 4 is 5.97 Å². The average Bonchev–Trinajstić information content (AvgIpc) is 2.99. The van der Waals surface area contributed by atoms with Crippen LogP contribution in [0, 0.1) is 0 Å². The number of rotatable bonds is 3. The largest absolute Gasteiger partial charge is 0.460 e. The molecule has 2 heterocycles. The van der Waals surface area contributed by atoms with Gasteiger partial charge in [0.15, 0.2) is 0 Å². The van der Waals surface area contributed by atoms with Crippen LogP contribution >= 0.6 is 0 Å². The number of esters is 1. The molecule has 0 saturated carbocycles. The molecule has 5 nitrogen and oxygen atoms in total. The molecule has 0 radical (unpaired) electrons. The standard InChI is InChI=1S/C14H15N3O2/c1-2-19-14(18)12-15-13-11(8-9-17(13)16-12)10-6-4-3-5-7-10/h3-7,11H,2,8-9H2,1H3/t11-/m0/s1. The summed E-state index contributed by atoms with van der Waals surface area (Å²) in [6.07, 6.45) is 0.975. The lowest BCUT2D eigenvalue weighted by atomic mass is 9.97. The Bertz CT molecular complexity index is 592. The fourth-order valence-electron chi connectivity index (χ4n) is 2.44. The van der Waals surface area contributed by atoms with Crippen molar-refractivity contribution in [1.82, 2.24) is 14.8 Å². The molecular weight excluding hydrogens is 242 g/mol. The second-order valence-corrected chi connectivity index (χ2v) is 4.49. The van der Waals surface area contributed by atoms with E-state index in [1.54, 1.807) is 6.92 Å². The van der Waals surface area contributed by atoms with Gasteiger partial charge in [0.05, 0.1) is 6.61 Å². The fourth-order valence-corrected chi connectivity index (χ4v) is 2.44. The van der Waals surface area contributed by atoms with Crippen LogP contribution in [0.5, 0.6) is 0 Å². The lowest BCUT2D eigenvalue weighted by molar-refractivity contribution is 0.0511. The second-order valence-electron chi connectivity index (χ2n) is 4.49. The zero-order valence-electron chi connectivity index (χ0n) is 10.7. The van der Waals surface area contributed by atoms with Gasteiger partial charge in [-0.15, -0.1) is 5.10 Å². The third kappa shape index (κ3) is 2.12. The van der Waals surface area contributed by atoms with E-state index < -0.39 is 5.97 Å². The number of aromatic nitrogens is 3. The second kappa shape index (κ2) is 4.84. The monoisotopic (exact) mass is 257 g/mol. The molecule has 0 fully saturated rings. The molecule has 98 valence electrons. The number of carbonyl (C=O) groups is 1. The number of benzene rings is 1. The van der Waals surface area contributed by atoms with Gasteiger partial charge in [-0.25, -0.2) is 14.5 Å². The maximum atomic E-state index is 11.6. The highest BCUT2D eigenvalue weighted by Crippen LogP contribution is 2.32. The van der Waals surface area contributed by atoms with E-state index >= 15 is 0 Å². The first-order valence-electron chi connectivity index (χ1n) is 6.46. The molecule has 0 bridgehead atoms. The van der Waals surface area contributed by atoms with Crippen molar-refractivity contribution < 1.29 is 9.53 Å². The van der Waals surface area contributed by atoms with Crippen LogP contribution in [0.25, 0.3) is 0 Å². The molecule has 1 aromatic heterocycles. The van der Waals surface area contributed by atoms with E-state index in [2.05, 4.69) is 22.2 Å². The van der Waals surface area contributed by atoms with Crippen molar-refractivity contribution in [3.05, 3.63) is 47.5 Å². The molecule has 19 heavy (non-hydrogen) atoms. The van der Waals surface area contributed by atoms with Gasteiger partial charge in [-0.05, 0) is 18.9 Å². The molecule has 5 heteroatoms. The summed E-state index contributed by atoms with van der Waals surface area (Å²) in [7, 11) is 0. The highest BCUT2D eigenvalue weighted by Gasteiger charge is 2.29. The Labute approximate surface area is 111 Å². The quantitative estimate of drug-likeness (QED) is 0.789. The number of aryl methyl sites for hydroxylation is 1. The van der Waals surface area contributed by atoms with Crippen molar-refractivity contribution in [1.29, 1.82) is 0 Å². The number of carbonyl (C=O) groups excluding carboxylic acids is 1. The normalized spacial score (nSPS) is 17.2. The fraction of sp³-hybridized carbons (Fsp3) is 0.357. The first-order chi connectivity index (χ1) is 9.29. The Balaban J connectivity index is 1.90. The number of hydrogen-bond donors (Lipinski definition) is 0. The zero-order valence-corrected chi connectivity index (χ0v) is 10.7. The maximum absolute atomic E-state index is 11.6. The Morgan fingerprint density at radius 3 is 2.95 bits per heavy atom. The van der Waals surface area contributed by atoms with E-state index in [0.717, 1.165) is 18.8 Å². The number of ether oxygens (including phenoxy) is 1. The summed E-state index contributed by atoms with van der Waals surface area (Å²) in [5.74, 6) is 0.792. The molecule has 0 aliphatic carbocycles. The van der Waals surface area contributed by atoms with Crippen LogP contribution < -0.4 is 0 Å². The van der Waals surface area contributed by atoms with E-state index in [1.165, 1.54) is 5.56 Å². The van der Waals surface area contributed by atoms with Gasteiger partial charge in [-0.2, -0.15) is 0 Å². The summed E-state index contributed by atoms with van der Waals surface area (Å²) >= 11 is 0. The molecule has 0 amide bonds. The Kier molecular flexibility index (Phi) is 3.03. The van der Waals surface area contributed by atoms with Crippen LogP contribution in [-0.4, -0.2) is 27.3 Å². The average molecular weight is 257 g/mol. The van der Waals surface area contributed by atoms with E-state index in [4.69, 9.17) is 4.74 Å². The number of nitrogens with zero attached hydrogens (tertiary/aromatic N) is 3. The van der Waals surface area contributed by atoms with Crippen molar-refractivity contribution in [2.75, 3.05) is 6.61 Å². The lowest BCUT2D eigenvalue weighted by Gasteiger charge is -2.07. The van der Waals surface area contributed by atoms with Crippen LogP contribution in [0.15, 0.2) is 30.3 Å². The molecule has 1 aliphatic heterocycles. The van der Waals surface area contributed by atoms with Gasteiger partial charge >= 0.3 is 5.97 Å². The van der Waals surface area contributed by atoms with Gasteiger partial charge in [0.25, 0.3) is 5.82 Å². The van der Waals surface area contributed by atoms with E-state index in [0.29, 0.717) is 6.61 Å². The van der Waals surface area contributed by atoms with Gasteiger partial charge in [0.2, 0.25) is 0 Å². The Morgan fingerprint density at radius 2 is 2.21 bits per heavy atom. The molecule has 1 atom stereocenters. The van der Waals surface area contributed by atoms with Crippen molar-refractivity contribution in [3.8, 4) is 0 Å². The molecule has 2 aromatic rings. The predicted molar refractivity (Wildman–Crippen MR) is 68.9 cm³/mol. The minimum Gasteiger partial charge on any atom is -0.460 e. The van der Waals surface area contributed by atoms with Gasteiger partial charge in [-0.3, -0.25) is 0 Å². The van der Waals surface area contributed by atoms with Gasteiger partial charge < -0.3 is 4.74 Å².